The number of hydrogen-bond donors (Lipinski definition) is 4. The highest BCUT2D eigenvalue weighted by atomic mass is 32.1. The van der Waals surface area contributed by atoms with Crippen LogP contribution in [0.2, 0.25) is 0 Å². The monoisotopic (exact) mass is 714 g/mol. The van der Waals surface area contributed by atoms with Crippen molar-refractivity contribution in [2.45, 2.75) is 44.6 Å². The summed E-state index contributed by atoms with van der Waals surface area (Å²) in [4.78, 5) is 14.2. The third-order valence-corrected chi connectivity index (χ3v) is 9.72. The largest absolute Gasteiger partial charge is 0.506 e. The van der Waals surface area contributed by atoms with Crippen molar-refractivity contribution in [3.05, 3.63) is 70.7 Å². The third kappa shape index (κ3) is 5.73. The molecule has 0 spiro atoms. The maximum absolute atomic E-state index is 17.0. The van der Waals surface area contributed by atoms with E-state index in [1.54, 1.807) is 39.1 Å². The van der Waals surface area contributed by atoms with Gasteiger partial charge in [0.15, 0.2) is 5.82 Å². The van der Waals surface area contributed by atoms with Crippen molar-refractivity contribution in [2.24, 2.45) is 0 Å². The Morgan fingerprint density at radius 3 is 2.58 bits per heavy atom. The molecular weight excluding hydrogens is 686 g/mol. The summed E-state index contributed by atoms with van der Waals surface area (Å²) < 4.78 is 96.3. The number of benzene rings is 2. The molecule has 1 fully saturated rings. The lowest BCUT2D eigenvalue weighted by Crippen LogP contribution is -2.39. The van der Waals surface area contributed by atoms with E-state index in [1.165, 1.54) is 6.20 Å². The van der Waals surface area contributed by atoms with E-state index >= 15 is 4.39 Å². The Morgan fingerprint density at radius 2 is 1.92 bits per heavy atom. The molecule has 1 saturated heterocycles. The third-order valence-electron chi connectivity index (χ3n) is 8.70. The number of thiophene rings is 1. The molecule has 6 rings (SSSR count). The molecule has 3 aromatic heterocycles. The maximum Gasteiger partial charge on any atom is 0.420 e. The quantitative estimate of drug-likeness (QED) is 0.125. The number of likely N-dealkylation sites (N-methyl/N-ethyl adjacent to an activating group) is 1. The van der Waals surface area contributed by atoms with Crippen molar-refractivity contribution in [1.29, 1.82) is 5.26 Å². The number of anilines is 3. The SMILES string of the molecule is C[C@H](Oc1nc(N[C@H](C)c2cccnc2N)c2c(O)c(C(F)(F)F)c(-c3ccc(F)c4sc(N)c(C#N)c34)c(F)c2n1)[C@@H]1/C(=C/F)CCN1C. The first-order valence-electron chi connectivity index (χ1n) is 15.0. The number of hydrogen-bond acceptors (Lipinski definition) is 11. The molecule has 0 radical (unpaired) electrons. The first kappa shape index (κ1) is 34.5. The fourth-order valence-corrected chi connectivity index (χ4v) is 7.40. The van der Waals surface area contributed by atoms with Gasteiger partial charge in [-0.3, -0.25) is 4.90 Å². The number of aromatic hydroxyl groups is 1. The molecule has 5 aromatic rings. The van der Waals surface area contributed by atoms with Gasteiger partial charge < -0.3 is 26.6 Å². The molecule has 50 heavy (non-hydrogen) atoms. The Balaban J connectivity index is 1.66. The van der Waals surface area contributed by atoms with Crippen molar-refractivity contribution in [3.63, 3.8) is 0 Å². The normalized spacial score (nSPS) is 17.4. The Labute approximate surface area is 284 Å². The summed E-state index contributed by atoms with van der Waals surface area (Å²) in [5, 5.41) is 22.8. The van der Waals surface area contributed by atoms with Crippen LogP contribution < -0.4 is 21.5 Å². The van der Waals surface area contributed by atoms with E-state index < -0.39 is 81.2 Å². The number of nitrogen functional groups attached to an aromatic ring is 2. The second-order valence-electron chi connectivity index (χ2n) is 11.8. The second-order valence-corrected chi connectivity index (χ2v) is 12.8. The molecule has 2 aromatic carbocycles. The van der Waals surface area contributed by atoms with Gasteiger partial charge in [-0.1, -0.05) is 12.1 Å². The zero-order valence-electron chi connectivity index (χ0n) is 26.5. The molecule has 1 aliphatic rings. The van der Waals surface area contributed by atoms with Crippen LogP contribution in [0.1, 0.15) is 43.0 Å². The van der Waals surface area contributed by atoms with Gasteiger partial charge in [-0.25, -0.2) is 18.2 Å². The Morgan fingerprint density at radius 1 is 1.18 bits per heavy atom. The summed E-state index contributed by atoms with van der Waals surface area (Å²) in [5.74, 6) is -4.30. The number of likely N-dealkylation sites (tertiary alicyclic amines) is 1. The Hall–Kier alpha value is -5.34. The van der Waals surface area contributed by atoms with Crippen molar-refractivity contribution in [2.75, 3.05) is 30.4 Å². The van der Waals surface area contributed by atoms with Crippen molar-refractivity contribution >= 4 is 49.0 Å². The van der Waals surface area contributed by atoms with E-state index in [2.05, 4.69) is 20.3 Å². The molecule has 0 amide bonds. The summed E-state index contributed by atoms with van der Waals surface area (Å²) >= 11 is 0.605. The van der Waals surface area contributed by atoms with Crippen LogP contribution in [0.25, 0.3) is 32.1 Å². The lowest BCUT2D eigenvalue weighted by molar-refractivity contribution is -0.138. The number of rotatable bonds is 7. The van der Waals surface area contributed by atoms with Crippen molar-refractivity contribution < 1.29 is 36.2 Å². The van der Waals surface area contributed by atoms with Crippen molar-refractivity contribution in [3.8, 4) is 29.0 Å². The Kier molecular flexibility index (Phi) is 8.87. The highest BCUT2D eigenvalue weighted by molar-refractivity contribution is 7.23. The first-order valence-corrected chi connectivity index (χ1v) is 15.9. The highest BCUT2D eigenvalue weighted by Crippen LogP contribution is 2.52. The molecule has 17 heteroatoms. The number of nitrogens with zero attached hydrogens (tertiary/aromatic N) is 5. The number of fused-ring (bicyclic) bond motifs is 2. The number of ether oxygens (including phenoxy) is 1. The van der Waals surface area contributed by atoms with Crippen LogP contribution in [0, 0.1) is 23.0 Å². The topological polar surface area (TPSA) is 159 Å². The van der Waals surface area contributed by atoms with Crippen molar-refractivity contribution in [1.82, 2.24) is 19.9 Å². The number of phenolic OH excluding ortho intramolecular Hbond substituents is 1. The minimum atomic E-state index is -5.40. The number of alkyl halides is 3. The molecule has 0 bridgehead atoms. The Bertz CT molecular complexity index is 2240. The van der Waals surface area contributed by atoms with Crippen LogP contribution in [0.3, 0.4) is 0 Å². The molecular formula is C33H28F6N8O2S. The number of pyridine rings is 1. The summed E-state index contributed by atoms with van der Waals surface area (Å²) in [6, 6.07) is 4.71. The van der Waals surface area contributed by atoms with Gasteiger partial charge in [-0.05, 0) is 50.6 Å². The molecule has 260 valence electrons. The summed E-state index contributed by atoms with van der Waals surface area (Å²) in [6.07, 6.45) is -3.91. The first-order chi connectivity index (χ1) is 23.7. The van der Waals surface area contributed by atoms with Crippen LogP contribution in [-0.2, 0) is 6.18 Å². The predicted molar refractivity (Wildman–Crippen MR) is 177 cm³/mol. The number of nitriles is 1. The number of phenols is 1. The van der Waals surface area contributed by atoms with Gasteiger partial charge in [0.2, 0.25) is 0 Å². The lowest BCUT2D eigenvalue weighted by atomic mass is 9.91. The molecule has 1 aliphatic heterocycles. The number of nitrogens with two attached hydrogens (primary N) is 2. The fourth-order valence-electron chi connectivity index (χ4n) is 6.45. The molecule has 0 unspecified atom stereocenters. The van der Waals surface area contributed by atoms with Gasteiger partial charge in [-0.15, -0.1) is 11.3 Å². The van der Waals surface area contributed by atoms with Gasteiger partial charge in [-0.2, -0.15) is 28.4 Å². The van der Waals surface area contributed by atoms with Gasteiger partial charge in [0.25, 0.3) is 0 Å². The standard InChI is InChI=1S/C33H28F6N8O2S/c1-13(16-5-4-9-43-29(16)41)44-31-22-25(45-32(46-31)49-14(2)26-15(11-34)8-10-47(26)3)24(36)21(23(27(22)48)33(37,38)39)17-6-7-19(35)28-20(17)18(12-40)30(42)50-28/h4-7,9,11,13-14,26,48H,8,10,42H2,1-3H3,(H2,41,43)(H,44,45,46)/b15-11+/t13-,14+,26-/m1/s1. The van der Waals surface area contributed by atoms with E-state index in [-0.39, 0.29) is 26.5 Å². The van der Waals surface area contributed by atoms with E-state index in [0.717, 1.165) is 12.1 Å². The number of nitrogens with one attached hydrogen (secondary N) is 1. The lowest BCUT2D eigenvalue weighted by Gasteiger charge is -2.27. The zero-order valence-corrected chi connectivity index (χ0v) is 27.3. The van der Waals surface area contributed by atoms with Crippen LogP contribution in [0.4, 0.5) is 43.0 Å². The molecule has 3 atom stereocenters. The highest BCUT2D eigenvalue weighted by Gasteiger charge is 2.42. The molecule has 6 N–H and O–H groups in total. The zero-order chi connectivity index (χ0) is 36.2. The van der Waals surface area contributed by atoms with E-state index in [0.29, 0.717) is 41.8 Å². The molecule has 4 heterocycles. The van der Waals surface area contributed by atoms with E-state index in [9.17, 15) is 32.3 Å². The van der Waals surface area contributed by atoms with Crippen LogP contribution in [0.5, 0.6) is 11.8 Å². The average Bonchev–Trinajstić information content (AvgIpc) is 3.61. The van der Waals surface area contributed by atoms with Gasteiger partial charge in [0.05, 0.1) is 34.1 Å². The molecule has 0 aliphatic carbocycles. The minimum absolute atomic E-state index is 0.0862. The maximum atomic E-state index is 17.0. The molecule has 10 nitrogen and oxygen atoms in total. The van der Waals surface area contributed by atoms with Crippen LogP contribution in [-0.4, -0.2) is 50.7 Å². The van der Waals surface area contributed by atoms with Crippen LogP contribution in [0.15, 0.2) is 42.4 Å². The summed E-state index contributed by atoms with van der Waals surface area (Å²) in [5.41, 5.74) is 8.02. The van der Waals surface area contributed by atoms with Gasteiger partial charge in [0, 0.05) is 29.3 Å². The summed E-state index contributed by atoms with van der Waals surface area (Å²) in [7, 11) is 1.74. The average molecular weight is 715 g/mol. The van der Waals surface area contributed by atoms with Gasteiger partial charge >= 0.3 is 12.2 Å². The minimum Gasteiger partial charge on any atom is -0.506 e. The molecule has 0 saturated carbocycles. The smallest absolute Gasteiger partial charge is 0.420 e. The fraction of sp³-hybridized carbons (Fsp3) is 0.273. The van der Waals surface area contributed by atoms with Crippen LogP contribution >= 0.6 is 11.3 Å². The number of aromatic nitrogens is 3. The number of halogens is 6. The predicted octanol–water partition coefficient (Wildman–Crippen LogP) is 7.44. The summed E-state index contributed by atoms with van der Waals surface area (Å²) in [6.45, 7) is 3.70. The van der Waals surface area contributed by atoms with E-state index in [4.69, 9.17) is 16.2 Å². The van der Waals surface area contributed by atoms with Gasteiger partial charge in [0.1, 0.15) is 51.5 Å². The second kappa shape index (κ2) is 12.8. The van der Waals surface area contributed by atoms with E-state index in [1.807, 2.05) is 4.90 Å².